The summed E-state index contributed by atoms with van der Waals surface area (Å²) in [6.45, 7) is 6.40. The second kappa shape index (κ2) is 5.32. The number of aryl methyl sites for hydroxylation is 2. The monoisotopic (exact) mass is 274 g/mol. The highest BCUT2D eigenvalue weighted by Crippen LogP contribution is 2.25. The fraction of sp³-hybridized carbons (Fsp3) is 0.357. The fourth-order valence-corrected chi connectivity index (χ4v) is 1.93. The molecular weight excluding hydrogens is 256 g/mol. The van der Waals surface area contributed by atoms with Crippen LogP contribution in [0.2, 0.25) is 0 Å². The lowest BCUT2D eigenvalue weighted by atomic mass is 10.2. The molecule has 2 aromatic heterocycles. The summed E-state index contributed by atoms with van der Waals surface area (Å²) in [5.41, 5.74) is 3.08. The quantitative estimate of drug-likeness (QED) is 0.836. The van der Waals surface area contributed by atoms with Crippen LogP contribution in [0.4, 0.5) is 5.69 Å². The zero-order chi connectivity index (χ0) is 14.9. The maximum Gasteiger partial charge on any atom is 0.339 e. The third-order valence-electron chi connectivity index (χ3n) is 3.13. The SMILES string of the molecule is CC(C)=CCNc1c(C(=O)O)cnc2c1nc(C)n2C. The Hall–Kier alpha value is -2.37. The third-order valence-corrected chi connectivity index (χ3v) is 3.13. The summed E-state index contributed by atoms with van der Waals surface area (Å²) in [6, 6.07) is 0. The summed E-state index contributed by atoms with van der Waals surface area (Å²) in [4.78, 5) is 19.9. The number of carbonyl (C=O) groups is 1. The second-order valence-electron chi connectivity index (χ2n) is 4.90. The van der Waals surface area contributed by atoms with Crippen LogP contribution >= 0.6 is 0 Å². The molecule has 6 nitrogen and oxygen atoms in total. The third kappa shape index (κ3) is 2.49. The van der Waals surface area contributed by atoms with Crippen molar-refractivity contribution in [3.05, 3.63) is 29.2 Å². The molecule has 0 fully saturated rings. The number of rotatable bonds is 4. The first kappa shape index (κ1) is 14.0. The smallest absolute Gasteiger partial charge is 0.339 e. The van der Waals surface area contributed by atoms with Gasteiger partial charge in [0.15, 0.2) is 5.65 Å². The maximum absolute atomic E-state index is 11.3. The number of nitrogens with zero attached hydrogens (tertiary/aromatic N) is 3. The van der Waals surface area contributed by atoms with E-state index in [9.17, 15) is 9.90 Å². The molecule has 0 spiro atoms. The molecule has 0 bridgehead atoms. The van der Waals surface area contributed by atoms with Gasteiger partial charge in [-0.1, -0.05) is 11.6 Å². The Labute approximate surface area is 117 Å². The standard InChI is InChI=1S/C14H18N4O2/c1-8(2)5-6-15-11-10(14(19)20)7-16-13-12(11)17-9(3)18(13)4/h5,7H,6H2,1-4H3,(H,15,16)(H,19,20). The number of carboxylic acids is 1. The number of hydrogen-bond acceptors (Lipinski definition) is 4. The van der Waals surface area contributed by atoms with Gasteiger partial charge in [0.1, 0.15) is 16.9 Å². The van der Waals surface area contributed by atoms with Crippen LogP contribution in [-0.4, -0.2) is 32.2 Å². The topological polar surface area (TPSA) is 80.0 Å². The first-order chi connectivity index (χ1) is 9.41. The van der Waals surface area contributed by atoms with Crippen molar-refractivity contribution in [3.63, 3.8) is 0 Å². The molecule has 2 heterocycles. The lowest BCUT2D eigenvalue weighted by Gasteiger charge is -2.08. The molecule has 0 unspecified atom stereocenters. The van der Waals surface area contributed by atoms with Crippen molar-refractivity contribution in [2.75, 3.05) is 11.9 Å². The minimum Gasteiger partial charge on any atom is -0.478 e. The molecule has 6 heteroatoms. The highest BCUT2D eigenvalue weighted by molar-refractivity contribution is 6.02. The average Bonchev–Trinajstić information content (AvgIpc) is 2.65. The van der Waals surface area contributed by atoms with E-state index in [1.54, 1.807) is 0 Å². The number of allylic oxidation sites excluding steroid dienone is 1. The summed E-state index contributed by atoms with van der Waals surface area (Å²) >= 11 is 0. The van der Waals surface area contributed by atoms with Gasteiger partial charge in [-0.3, -0.25) is 0 Å². The Bertz CT molecular complexity index is 697. The number of aromatic carboxylic acids is 1. The maximum atomic E-state index is 11.3. The molecule has 0 saturated carbocycles. The van der Waals surface area contributed by atoms with Crippen LogP contribution in [-0.2, 0) is 7.05 Å². The van der Waals surface area contributed by atoms with Crippen molar-refractivity contribution < 1.29 is 9.90 Å². The van der Waals surface area contributed by atoms with Gasteiger partial charge < -0.3 is 15.0 Å². The summed E-state index contributed by atoms with van der Waals surface area (Å²) < 4.78 is 1.84. The van der Waals surface area contributed by atoms with Crippen LogP contribution in [0.25, 0.3) is 11.2 Å². The number of anilines is 1. The molecule has 0 radical (unpaired) electrons. The van der Waals surface area contributed by atoms with Crippen molar-refractivity contribution >= 4 is 22.8 Å². The Balaban J connectivity index is 2.56. The molecule has 106 valence electrons. The average molecular weight is 274 g/mol. The van der Waals surface area contributed by atoms with Crippen LogP contribution < -0.4 is 5.32 Å². The number of fused-ring (bicyclic) bond motifs is 1. The molecule has 2 rings (SSSR count). The number of aromatic nitrogens is 3. The summed E-state index contributed by atoms with van der Waals surface area (Å²) in [5.74, 6) is -0.220. The van der Waals surface area contributed by atoms with Gasteiger partial charge in [-0.25, -0.2) is 14.8 Å². The van der Waals surface area contributed by atoms with Crippen LogP contribution in [0.15, 0.2) is 17.8 Å². The van der Waals surface area contributed by atoms with E-state index in [-0.39, 0.29) is 5.56 Å². The summed E-state index contributed by atoms with van der Waals surface area (Å²) in [7, 11) is 1.86. The number of carboxylic acid groups (broad SMARTS) is 1. The minimum atomic E-state index is -1.01. The van der Waals surface area contributed by atoms with E-state index in [1.807, 2.05) is 38.5 Å². The molecule has 0 aliphatic heterocycles. The van der Waals surface area contributed by atoms with Gasteiger partial charge in [0.2, 0.25) is 0 Å². The molecule has 0 amide bonds. The number of nitrogens with one attached hydrogen (secondary N) is 1. The number of pyridine rings is 1. The van der Waals surface area contributed by atoms with E-state index in [1.165, 1.54) is 6.20 Å². The predicted octanol–water partition coefficient (Wildman–Crippen LogP) is 2.35. The van der Waals surface area contributed by atoms with Gasteiger partial charge in [0.25, 0.3) is 0 Å². The van der Waals surface area contributed by atoms with E-state index >= 15 is 0 Å². The second-order valence-corrected chi connectivity index (χ2v) is 4.90. The Kier molecular flexibility index (Phi) is 3.74. The first-order valence-corrected chi connectivity index (χ1v) is 6.34. The van der Waals surface area contributed by atoms with Gasteiger partial charge in [-0.15, -0.1) is 0 Å². The van der Waals surface area contributed by atoms with Crippen LogP contribution in [0.5, 0.6) is 0 Å². The molecule has 2 aromatic rings. The number of hydrogen-bond donors (Lipinski definition) is 2. The van der Waals surface area contributed by atoms with E-state index in [0.29, 0.717) is 23.4 Å². The van der Waals surface area contributed by atoms with Crippen LogP contribution in [0.1, 0.15) is 30.0 Å². The van der Waals surface area contributed by atoms with Gasteiger partial charge in [-0.05, 0) is 20.8 Å². The molecule has 0 aromatic carbocycles. The zero-order valence-corrected chi connectivity index (χ0v) is 12.1. The van der Waals surface area contributed by atoms with E-state index in [2.05, 4.69) is 15.3 Å². The lowest BCUT2D eigenvalue weighted by molar-refractivity contribution is 0.0697. The van der Waals surface area contributed by atoms with Gasteiger partial charge in [0, 0.05) is 19.8 Å². The first-order valence-electron chi connectivity index (χ1n) is 6.34. The Morgan fingerprint density at radius 2 is 2.20 bits per heavy atom. The van der Waals surface area contributed by atoms with Gasteiger partial charge in [-0.2, -0.15) is 0 Å². The van der Waals surface area contributed by atoms with E-state index < -0.39 is 5.97 Å². The largest absolute Gasteiger partial charge is 0.478 e. The molecule has 2 N–H and O–H groups in total. The number of imidazole rings is 1. The molecule has 0 atom stereocenters. The predicted molar refractivity (Wildman–Crippen MR) is 78.1 cm³/mol. The zero-order valence-electron chi connectivity index (χ0n) is 12.1. The summed E-state index contributed by atoms with van der Waals surface area (Å²) in [5, 5.41) is 12.4. The van der Waals surface area contributed by atoms with E-state index in [0.717, 1.165) is 11.4 Å². The van der Waals surface area contributed by atoms with Crippen molar-refractivity contribution in [3.8, 4) is 0 Å². The van der Waals surface area contributed by atoms with Gasteiger partial charge >= 0.3 is 5.97 Å². The van der Waals surface area contributed by atoms with E-state index in [4.69, 9.17) is 0 Å². The summed E-state index contributed by atoms with van der Waals surface area (Å²) in [6.07, 6.45) is 3.37. The van der Waals surface area contributed by atoms with Crippen molar-refractivity contribution in [1.82, 2.24) is 14.5 Å². The highest BCUT2D eigenvalue weighted by Gasteiger charge is 2.18. The highest BCUT2D eigenvalue weighted by atomic mass is 16.4. The van der Waals surface area contributed by atoms with Gasteiger partial charge in [0.05, 0.1) is 5.69 Å². The van der Waals surface area contributed by atoms with Crippen LogP contribution in [0.3, 0.4) is 0 Å². The van der Waals surface area contributed by atoms with Crippen molar-refractivity contribution in [2.24, 2.45) is 7.05 Å². The molecule has 0 aliphatic carbocycles. The van der Waals surface area contributed by atoms with Crippen molar-refractivity contribution in [1.29, 1.82) is 0 Å². The molecule has 0 aliphatic rings. The Morgan fingerprint density at radius 3 is 2.80 bits per heavy atom. The molecule has 0 saturated heterocycles. The minimum absolute atomic E-state index is 0.137. The Morgan fingerprint density at radius 1 is 1.50 bits per heavy atom. The van der Waals surface area contributed by atoms with Crippen LogP contribution in [0, 0.1) is 6.92 Å². The normalized spacial score (nSPS) is 10.6. The molecule has 20 heavy (non-hydrogen) atoms. The molecular formula is C14H18N4O2. The fourth-order valence-electron chi connectivity index (χ4n) is 1.93. The lowest BCUT2D eigenvalue weighted by Crippen LogP contribution is -2.08. The van der Waals surface area contributed by atoms with Crippen molar-refractivity contribution in [2.45, 2.75) is 20.8 Å².